The molecule has 0 spiro atoms. The molecule has 0 bridgehead atoms. The SMILES string of the molecule is COC(=O)c1ccc2cccc(-c3cncs3)c2c1. The molecule has 3 aromatic rings. The fraction of sp³-hybridized carbons (Fsp3) is 0.0667. The first-order valence-corrected chi connectivity index (χ1v) is 6.67. The molecule has 0 saturated heterocycles. The fourth-order valence-electron chi connectivity index (χ4n) is 2.08. The van der Waals surface area contributed by atoms with Crippen LogP contribution in [-0.2, 0) is 4.74 Å². The zero-order valence-corrected chi connectivity index (χ0v) is 11.1. The van der Waals surface area contributed by atoms with E-state index in [1.807, 2.05) is 36.5 Å². The summed E-state index contributed by atoms with van der Waals surface area (Å²) in [4.78, 5) is 16.8. The van der Waals surface area contributed by atoms with E-state index in [1.165, 1.54) is 7.11 Å². The molecule has 3 rings (SSSR count). The Kier molecular flexibility index (Phi) is 3.01. The largest absolute Gasteiger partial charge is 0.465 e. The summed E-state index contributed by atoms with van der Waals surface area (Å²) in [6.07, 6.45) is 1.84. The molecule has 0 atom stereocenters. The van der Waals surface area contributed by atoms with Crippen LogP contribution in [0.4, 0.5) is 0 Å². The van der Waals surface area contributed by atoms with Gasteiger partial charge < -0.3 is 4.74 Å². The minimum Gasteiger partial charge on any atom is -0.465 e. The van der Waals surface area contributed by atoms with Crippen LogP contribution in [0.5, 0.6) is 0 Å². The molecule has 2 aromatic carbocycles. The summed E-state index contributed by atoms with van der Waals surface area (Å²) in [5.41, 5.74) is 3.45. The van der Waals surface area contributed by atoms with E-state index in [2.05, 4.69) is 4.98 Å². The lowest BCUT2D eigenvalue weighted by Crippen LogP contribution is -2.00. The third-order valence-electron chi connectivity index (χ3n) is 3.00. The molecule has 3 nitrogen and oxygen atoms in total. The summed E-state index contributed by atoms with van der Waals surface area (Å²) in [7, 11) is 1.39. The number of esters is 1. The molecule has 4 heteroatoms. The van der Waals surface area contributed by atoms with Crippen LogP contribution < -0.4 is 0 Å². The van der Waals surface area contributed by atoms with Crippen LogP contribution >= 0.6 is 11.3 Å². The standard InChI is InChI=1S/C15H11NO2S/c1-18-15(17)11-6-5-10-3-2-4-12(13(10)7-11)14-8-16-9-19-14/h2-9H,1H3. The third kappa shape index (κ3) is 2.11. The smallest absolute Gasteiger partial charge is 0.337 e. The highest BCUT2D eigenvalue weighted by Crippen LogP contribution is 2.31. The zero-order valence-electron chi connectivity index (χ0n) is 10.3. The molecule has 0 N–H and O–H groups in total. The predicted molar refractivity (Wildman–Crippen MR) is 76.4 cm³/mol. The van der Waals surface area contributed by atoms with Gasteiger partial charge in [-0.05, 0) is 22.9 Å². The van der Waals surface area contributed by atoms with Crippen molar-refractivity contribution in [3.8, 4) is 10.4 Å². The first-order valence-electron chi connectivity index (χ1n) is 5.79. The molecule has 0 amide bonds. The molecular weight excluding hydrogens is 258 g/mol. The van der Waals surface area contributed by atoms with Crippen molar-refractivity contribution in [3.05, 3.63) is 53.7 Å². The summed E-state index contributed by atoms with van der Waals surface area (Å²) in [6.45, 7) is 0. The van der Waals surface area contributed by atoms with Crippen LogP contribution in [0.3, 0.4) is 0 Å². The van der Waals surface area contributed by atoms with Gasteiger partial charge in [0.2, 0.25) is 0 Å². The van der Waals surface area contributed by atoms with Gasteiger partial charge in [0, 0.05) is 11.8 Å². The van der Waals surface area contributed by atoms with Crippen LogP contribution in [0.25, 0.3) is 21.2 Å². The van der Waals surface area contributed by atoms with Gasteiger partial charge in [0.05, 0.1) is 23.1 Å². The minimum absolute atomic E-state index is 0.319. The highest BCUT2D eigenvalue weighted by molar-refractivity contribution is 7.13. The van der Waals surface area contributed by atoms with E-state index in [1.54, 1.807) is 22.9 Å². The van der Waals surface area contributed by atoms with E-state index in [0.29, 0.717) is 5.56 Å². The number of thiazole rings is 1. The van der Waals surface area contributed by atoms with E-state index in [-0.39, 0.29) is 5.97 Å². The topological polar surface area (TPSA) is 39.2 Å². The Morgan fingerprint density at radius 3 is 2.89 bits per heavy atom. The van der Waals surface area contributed by atoms with E-state index in [9.17, 15) is 4.79 Å². The number of methoxy groups -OCH3 is 1. The van der Waals surface area contributed by atoms with Crippen molar-refractivity contribution >= 4 is 28.1 Å². The molecule has 0 aliphatic heterocycles. The molecule has 0 aliphatic carbocycles. The highest BCUT2D eigenvalue weighted by atomic mass is 32.1. The summed E-state index contributed by atoms with van der Waals surface area (Å²) < 4.78 is 4.77. The van der Waals surface area contributed by atoms with Crippen molar-refractivity contribution in [2.24, 2.45) is 0 Å². The van der Waals surface area contributed by atoms with E-state index < -0.39 is 0 Å². The summed E-state index contributed by atoms with van der Waals surface area (Å²) in [5.74, 6) is -0.319. The average Bonchev–Trinajstić information content (AvgIpc) is 2.99. The maximum Gasteiger partial charge on any atom is 0.337 e. The number of rotatable bonds is 2. The van der Waals surface area contributed by atoms with Crippen molar-refractivity contribution in [3.63, 3.8) is 0 Å². The van der Waals surface area contributed by atoms with Gasteiger partial charge in [-0.25, -0.2) is 4.79 Å². The van der Waals surface area contributed by atoms with Crippen molar-refractivity contribution in [2.45, 2.75) is 0 Å². The third-order valence-corrected chi connectivity index (χ3v) is 3.81. The normalized spacial score (nSPS) is 10.6. The van der Waals surface area contributed by atoms with Crippen LogP contribution in [0.1, 0.15) is 10.4 Å². The molecule has 0 unspecified atom stereocenters. The van der Waals surface area contributed by atoms with Crippen LogP contribution in [0, 0.1) is 0 Å². The average molecular weight is 269 g/mol. The Morgan fingerprint density at radius 1 is 1.26 bits per heavy atom. The molecule has 19 heavy (non-hydrogen) atoms. The lowest BCUT2D eigenvalue weighted by molar-refractivity contribution is 0.0601. The van der Waals surface area contributed by atoms with Gasteiger partial charge in [-0.1, -0.05) is 24.3 Å². The zero-order chi connectivity index (χ0) is 13.2. The van der Waals surface area contributed by atoms with Crippen molar-refractivity contribution in [1.82, 2.24) is 4.98 Å². The Morgan fingerprint density at radius 2 is 2.16 bits per heavy atom. The van der Waals surface area contributed by atoms with Gasteiger partial charge in [-0.3, -0.25) is 4.98 Å². The molecule has 1 heterocycles. The number of carbonyl (C=O) groups is 1. The first kappa shape index (κ1) is 11.9. The lowest BCUT2D eigenvalue weighted by atomic mass is 10.0. The van der Waals surface area contributed by atoms with Gasteiger partial charge in [0.25, 0.3) is 0 Å². The molecule has 0 aliphatic rings. The van der Waals surface area contributed by atoms with Gasteiger partial charge >= 0.3 is 5.97 Å². The highest BCUT2D eigenvalue weighted by Gasteiger charge is 2.09. The first-order chi connectivity index (χ1) is 9.29. The number of benzene rings is 2. The van der Waals surface area contributed by atoms with Crippen LogP contribution in [-0.4, -0.2) is 18.1 Å². The minimum atomic E-state index is -0.319. The molecule has 94 valence electrons. The van der Waals surface area contributed by atoms with Gasteiger partial charge in [-0.15, -0.1) is 11.3 Å². The number of hydrogen-bond acceptors (Lipinski definition) is 4. The Hall–Kier alpha value is -2.20. The maximum absolute atomic E-state index is 11.6. The Labute approximate surface area is 114 Å². The van der Waals surface area contributed by atoms with Crippen molar-refractivity contribution < 1.29 is 9.53 Å². The Bertz CT molecular complexity index is 735. The van der Waals surface area contributed by atoms with Gasteiger partial charge in [0.1, 0.15) is 0 Å². The maximum atomic E-state index is 11.6. The van der Waals surface area contributed by atoms with Gasteiger partial charge in [0.15, 0.2) is 0 Å². The molecule has 1 aromatic heterocycles. The van der Waals surface area contributed by atoms with Crippen LogP contribution in [0.2, 0.25) is 0 Å². The fourth-order valence-corrected chi connectivity index (χ4v) is 2.74. The molecule has 0 saturated carbocycles. The summed E-state index contributed by atoms with van der Waals surface area (Å²) >= 11 is 1.58. The van der Waals surface area contributed by atoms with Crippen LogP contribution in [0.15, 0.2) is 48.1 Å². The van der Waals surface area contributed by atoms with Gasteiger partial charge in [-0.2, -0.15) is 0 Å². The molecular formula is C15H11NO2S. The van der Waals surface area contributed by atoms with Crippen molar-refractivity contribution in [1.29, 1.82) is 0 Å². The molecule has 0 fully saturated rings. The van der Waals surface area contributed by atoms with E-state index in [0.717, 1.165) is 21.2 Å². The number of fused-ring (bicyclic) bond motifs is 1. The second-order valence-corrected chi connectivity index (χ2v) is 4.99. The number of carbonyl (C=O) groups excluding carboxylic acids is 1. The number of hydrogen-bond donors (Lipinski definition) is 0. The second kappa shape index (κ2) is 4.82. The molecule has 0 radical (unpaired) electrons. The number of nitrogens with zero attached hydrogens (tertiary/aromatic N) is 1. The van der Waals surface area contributed by atoms with E-state index >= 15 is 0 Å². The monoisotopic (exact) mass is 269 g/mol. The predicted octanol–water partition coefficient (Wildman–Crippen LogP) is 3.75. The second-order valence-electron chi connectivity index (χ2n) is 4.10. The lowest BCUT2D eigenvalue weighted by Gasteiger charge is -2.06. The quantitative estimate of drug-likeness (QED) is 0.665. The summed E-state index contributed by atoms with van der Waals surface area (Å²) in [5, 5.41) is 2.13. The number of aromatic nitrogens is 1. The van der Waals surface area contributed by atoms with E-state index in [4.69, 9.17) is 4.74 Å². The summed E-state index contributed by atoms with van der Waals surface area (Å²) in [6, 6.07) is 11.7. The Balaban J connectivity index is 2.25. The number of ether oxygens (including phenoxy) is 1. The van der Waals surface area contributed by atoms with Crippen molar-refractivity contribution in [2.75, 3.05) is 7.11 Å².